The van der Waals surface area contributed by atoms with Crippen LogP contribution < -0.4 is 0 Å². The molecule has 1 N–H and O–H groups in total. The summed E-state index contributed by atoms with van der Waals surface area (Å²) in [6.07, 6.45) is 7.98. The van der Waals surface area contributed by atoms with Gasteiger partial charge in [-0.05, 0) is 38.4 Å². The van der Waals surface area contributed by atoms with Gasteiger partial charge in [0.15, 0.2) is 0 Å². The van der Waals surface area contributed by atoms with Gasteiger partial charge in [0.25, 0.3) is 0 Å². The highest BCUT2D eigenvalue weighted by Crippen LogP contribution is 2.40. The Bertz CT molecular complexity index is 501. The molecule has 0 aromatic carbocycles. The summed E-state index contributed by atoms with van der Waals surface area (Å²) in [6.45, 7) is 1.98. The molecule has 1 aliphatic carbocycles. The van der Waals surface area contributed by atoms with Crippen molar-refractivity contribution in [3.63, 3.8) is 0 Å². The molecular formula is C16H23FN2O2. The van der Waals surface area contributed by atoms with Crippen molar-refractivity contribution >= 4 is 5.97 Å². The van der Waals surface area contributed by atoms with Gasteiger partial charge >= 0.3 is 5.97 Å². The Kier molecular flexibility index (Phi) is 4.93. The van der Waals surface area contributed by atoms with Crippen LogP contribution in [0, 0.1) is 5.82 Å². The highest BCUT2D eigenvalue weighted by atomic mass is 19.1. The summed E-state index contributed by atoms with van der Waals surface area (Å²) >= 11 is 0. The van der Waals surface area contributed by atoms with Gasteiger partial charge < -0.3 is 5.11 Å². The molecule has 1 aliphatic rings. The van der Waals surface area contributed by atoms with E-state index in [9.17, 15) is 14.3 Å². The molecule has 1 atom stereocenters. The zero-order valence-electron chi connectivity index (χ0n) is 12.7. The van der Waals surface area contributed by atoms with E-state index in [2.05, 4.69) is 9.88 Å². The molecule has 0 spiro atoms. The Morgan fingerprint density at radius 2 is 2.10 bits per heavy atom. The lowest BCUT2D eigenvalue weighted by Crippen LogP contribution is -2.50. The molecule has 0 aliphatic heterocycles. The largest absolute Gasteiger partial charge is 0.481 e. The van der Waals surface area contributed by atoms with Crippen molar-refractivity contribution in [3.05, 3.63) is 29.8 Å². The lowest BCUT2D eigenvalue weighted by molar-refractivity contribution is -0.141. The van der Waals surface area contributed by atoms with Gasteiger partial charge in [-0.15, -0.1) is 0 Å². The van der Waals surface area contributed by atoms with Gasteiger partial charge in [-0.25, -0.2) is 4.39 Å². The van der Waals surface area contributed by atoms with Crippen LogP contribution in [0.1, 0.15) is 57.1 Å². The number of rotatable bonds is 5. The average molecular weight is 294 g/mol. The minimum absolute atomic E-state index is 0.0642. The Hall–Kier alpha value is -1.49. The van der Waals surface area contributed by atoms with Gasteiger partial charge in [-0.1, -0.05) is 19.3 Å². The van der Waals surface area contributed by atoms with Crippen molar-refractivity contribution in [2.24, 2.45) is 0 Å². The van der Waals surface area contributed by atoms with E-state index in [-0.39, 0.29) is 23.8 Å². The molecule has 1 fully saturated rings. The van der Waals surface area contributed by atoms with E-state index in [1.54, 1.807) is 6.20 Å². The summed E-state index contributed by atoms with van der Waals surface area (Å²) in [6, 6.07) is 1.41. The summed E-state index contributed by atoms with van der Waals surface area (Å²) in [5.74, 6) is -1.13. The number of carboxylic acids is 1. The Morgan fingerprint density at radius 1 is 1.43 bits per heavy atom. The highest BCUT2D eigenvalue weighted by molar-refractivity contribution is 5.68. The van der Waals surface area contributed by atoms with Gasteiger partial charge in [0, 0.05) is 17.8 Å². The maximum absolute atomic E-state index is 13.4. The van der Waals surface area contributed by atoms with Crippen LogP contribution in [0.15, 0.2) is 18.5 Å². The SMILES string of the molecule is CC(c1cncc(F)c1)N(C)C1(CC(=O)O)CCCCC1. The average Bonchev–Trinajstić information content (AvgIpc) is 2.46. The van der Waals surface area contributed by atoms with Gasteiger partial charge in [0.1, 0.15) is 5.82 Å². The predicted molar refractivity (Wildman–Crippen MR) is 78.4 cm³/mol. The number of carboxylic acid groups (broad SMARTS) is 1. The van der Waals surface area contributed by atoms with E-state index in [1.165, 1.54) is 12.3 Å². The van der Waals surface area contributed by atoms with Crippen LogP contribution in [0.5, 0.6) is 0 Å². The lowest BCUT2D eigenvalue weighted by Gasteiger charge is -2.46. The smallest absolute Gasteiger partial charge is 0.305 e. The van der Waals surface area contributed by atoms with Crippen molar-refractivity contribution in [3.8, 4) is 0 Å². The maximum Gasteiger partial charge on any atom is 0.305 e. The maximum atomic E-state index is 13.4. The summed E-state index contributed by atoms with van der Waals surface area (Å²) in [4.78, 5) is 17.3. The number of pyridine rings is 1. The normalized spacial score (nSPS) is 19.4. The second-order valence-electron chi connectivity index (χ2n) is 6.08. The molecule has 1 unspecified atom stereocenters. The van der Waals surface area contributed by atoms with E-state index in [0.717, 1.165) is 37.7 Å². The molecule has 0 radical (unpaired) electrons. The zero-order chi connectivity index (χ0) is 15.5. The first-order chi connectivity index (χ1) is 9.94. The quantitative estimate of drug-likeness (QED) is 0.904. The van der Waals surface area contributed by atoms with E-state index in [1.807, 2.05) is 14.0 Å². The van der Waals surface area contributed by atoms with E-state index >= 15 is 0 Å². The van der Waals surface area contributed by atoms with Gasteiger partial charge in [-0.3, -0.25) is 14.7 Å². The third-order valence-electron chi connectivity index (χ3n) is 4.80. The number of aromatic nitrogens is 1. The van der Waals surface area contributed by atoms with Gasteiger partial charge in [0.2, 0.25) is 0 Å². The van der Waals surface area contributed by atoms with Crippen LogP contribution in [0.2, 0.25) is 0 Å². The second-order valence-corrected chi connectivity index (χ2v) is 6.08. The fourth-order valence-electron chi connectivity index (χ4n) is 3.44. The molecule has 1 aromatic heterocycles. The number of halogens is 1. The molecule has 1 saturated carbocycles. The second kappa shape index (κ2) is 6.52. The molecule has 0 saturated heterocycles. The molecular weight excluding hydrogens is 271 g/mol. The van der Waals surface area contributed by atoms with Crippen molar-refractivity contribution in [1.82, 2.24) is 9.88 Å². The minimum Gasteiger partial charge on any atom is -0.481 e. The van der Waals surface area contributed by atoms with Crippen molar-refractivity contribution in [2.75, 3.05) is 7.05 Å². The fraction of sp³-hybridized carbons (Fsp3) is 0.625. The number of nitrogens with zero attached hydrogens (tertiary/aromatic N) is 2. The molecule has 21 heavy (non-hydrogen) atoms. The van der Waals surface area contributed by atoms with Gasteiger partial charge in [-0.2, -0.15) is 0 Å². The topological polar surface area (TPSA) is 53.4 Å². The number of aliphatic carboxylic acids is 1. The number of carbonyl (C=O) groups is 1. The van der Waals surface area contributed by atoms with E-state index < -0.39 is 5.97 Å². The molecule has 5 heteroatoms. The van der Waals surface area contributed by atoms with Crippen molar-refractivity contribution in [2.45, 2.75) is 57.0 Å². The first-order valence-corrected chi connectivity index (χ1v) is 7.50. The number of hydrogen-bond acceptors (Lipinski definition) is 3. The Morgan fingerprint density at radius 3 is 2.67 bits per heavy atom. The van der Waals surface area contributed by atoms with Crippen molar-refractivity contribution in [1.29, 1.82) is 0 Å². The van der Waals surface area contributed by atoms with Crippen LogP contribution in [0.25, 0.3) is 0 Å². The third-order valence-corrected chi connectivity index (χ3v) is 4.80. The fourth-order valence-corrected chi connectivity index (χ4v) is 3.44. The lowest BCUT2D eigenvalue weighted by atomic mass is 9.77. The van der Waals surface area contributed by atoms with Crippen LogP contribution in [0.4, 0.5) is 4.39 Å². The van der Waals surface area contributed by atoms with Crippen LogP contribution in [0.3, 0.4) is 0 Å². The van der Waals surface area contributed by atoms with Crippen LogP contribution in [-0.4, -0.2) is 33.5 Å². The predicted octanol–water partition coefficient (Wildman–Crippen LogP) is 3.39. The molecule has 2 rings (SSSR count). The zero-order valence-corrected chi connectivity index (χ0v) is 12.7. The molecule has 1 aromatic rings. The standard InChI is InChI=1S/C16H23FN2O2/c1-12(13-8-14(17)11-18-10-13)19(2)16(9-15(20)21)6-4-3-5-7-16/h8,10-12H,3-7,9H2,1-2H3,(H,20,21). The van der Waals surface area contributed by atoms with Gasteiger partial charge in [0.05, 0.1) is 12.6 Å². The van der Waals surface area contributed by atoms with Crippen LogP contribution >= 0.6 is 0 Å². The van der Waals surface area contributed by atoms with E-state index in [0.29, 0.717) is 0 Å². The van der Waals surface area contributed by atoms with Crippen LogP contribution in [-0.2, 0) is 4.79 Å². The molecule has 4 nitrogen and oxygen atoms in total. The first-order valence-electron chi connectivity index (χ1n) is 7.50. The molecule has 0 bridgehead atoms. The summed E-state index contributed by atoms with van der Waals surface area (Å²) in [5, 5.41) is 9.28. The molecule has 116 valence electrons. The number of hydrogen-bond donors (Lipinski definition) is 1. The van der Waals surface area contributed by atoms with E-state index in [4.69, 9.17) is 0 Å². The monoisotopic (exact) mass is 294 g/mol. The minimum atomic E-state index is -0.770. The Balaban J connectivity index is 2.24. The molecule has 1 heterocycles. The first kappa shape index (κ1) is 15.9. The molecule has 0 amide bonds. The summed E-state index contributed by atoms with van der Waals surface area (Å²) in [5.41, 5.74) is 0.448. The third kappa shape index (κ3) is 3.59. The highest BCUT2D eigenvalue weighted by Gasteiger charge is 2.40. The Labute approximate surface area is 125 Å². The van der Waals surface area contributed by atoms with Crippen molar-refractivity contribution < 1.29 is 14.3 Å². The summed E-state index contributed by atoms with van der Waals surface area (Å²) in [7, 11) is 1.95. The summed E-state index contributed by atoms with van der Waals surface area (Å²) < 4.78 is 13.4.